The standard InChI is InChI=1S/C15H12Cl2O3/c16-12-5-1-10(2-6-12)14(19)15(20,9-18)11-3-7-13(17)8-4-11/h1-8,18,20H,9H2. The third kappa shape index (κ3) is 2.86. The maximum atomic E-state index is 12.4. The van der Waals surface area contributed by atoms with Gasteiger partial charge in [0.1, 0.15) is 0 Å². The molecule has 1 unspecified atom stereocenters. The third-order valence-corrected chi connectivity index (χ3v) is 3.54. The second-order valence-corrected chi connectivity index (χ2v) is 5.23. The van der Waals surface area contributed by atoms with Crippen LogP contribution in [0.4, 0.5) is 0 Å². The molecule has 0 saturated heterocycles. The summed E-state index contributed by atoms with van der Waals surface area (Å²) in [5.41, 5.74) is -1.46. The molecule has 2 aromatic rings. The van der Waals surface area contributed by atoms with E-state index in [4.69, 9.17) is 23.2 Å². The Bertz CT molecular complexity index is 608. The highest BCUT2D eigenvalue weighted by atomic mass is 35.5. The van der Waals surface area contributed by atoms with Crippen LogP contribution in [0.3, 0.4) is 0 Å². The van der Waals surface area contributed by atoms with Crippen molar-refractivity contribution in [3.63, 3.8) is 0 Å². The molecule has 0 heterocycles. The number of rotatable bonds is 4. The fourth-order valence-corrected chi connectivity index (χ4v) is 2.11. The van der Waals surface area contributed by atoms with Gasteiger partial charge in [0.15, 0.2) is 5.60 Å². The van der Waals surface area contributed by atoms with Gasteiger partial charge in [-0.1, -0.05) is 35.3 Å². The van der Waals surface area contributed by atoms with E-state index in [9.17, 15) is 15.0 Å². The first-order valence-corrected chi connectivity index (χ1v) is 6.62. The van der Waals surface area contributed by atoms with Crippen molar-refractivity contribution < 1.29 is 15.0 Å². The van der Waals surface area contributed by atoms with Crippen LogP contribution in [0.25, 0.3) is 0 Å². The first-order valence-electron chi connectivity index (χ1n) is 5.87. The Morgan fingerprint density at radius 3 is 1.85 bits per heavy atom. The molecular formula is C15H12Cl2O3. The second kappa shape index (κ2) is 5.94. The quantitative estimate of drug-likeness (QED) is 0.853. The summed E-state index contributed by atoms with van der Waals surface area (Å²) in [5, 5.41) is 20.9. The van der Waals surface area contributed by atoms with Crippen molar-refractivity contribution in [2.24, 2.45) is 0 Å². The molecule has 0 amide bonds. The lowest BCUT2D eigenvalue weighted by Gasteiger charge is -2.25. The van der Waals surface area contributed by atoms with E-state index >= 15 is 0 Å². The summed E-state index contributed by atoms with van der Waals surface area (Å²) in [6.45, 7) is -0.726. The van der Waals surface area contributed by atoms with Gasteiger partial charge in [0, 0.05) is 15.6 Å². The van der Waals surface area contributed by atoms with Gasteiger partial charge >= 0.3 is 0 Å². The molecule has 0 aliphatic heterocycles. The normalized spacial score (nSPS) is 13.8. The van der Waals surface area contributed by atoms with Crippen molar-refractivity contribution >= 4 is 29.0 Å². The molecule has 0 aliphatic rings. The Balaban J connectivity index is 2.42. The van der Waals surface area contributed by atoms with Crippen LogP contribution in [0, 0.1) is 0 Å². The zero-order valence-corrected chi connectivity index (χ0v) is 11.9. The van der Waals surface area contributed by atoms with Crippen molar-refractivity contribution in [2.75, 3.05) is 6.61 Å². The topological polar surface area (TPSA) is 57.5 Å². The summed E-state index contributed by atoms with van der Waals surface area (Å²) in [6, 6.07) is 12.2. The monoisotopic (exact) mass is 310 g/mol. The van der Waals surface area contributed by atoms with Gasteiger partial charge in [-0.2, -0.15) is 0 Å². The van der Waals surface area contributed by atoms with Crippen LogP contribution < -0.4 is 0 Å². The molecule has 0 aromatic heterocycles. The average molecular weight is 311 g/mol. The number of aliphatic hydroxyl groups is 2. The van der Waals surface area contributed by atoms with Gasteiger partial charge in [-0.15, -0.1) is 0 Å². The third-order valence-electron chi connectivity index (χ3n) is 3.03. The Morgan fingerprint density at radius 2 is 1.40 bits per heavy atom. The number of carbonyl (C=O) groups is 1. The molecule has 0 spiro atoms. The molecule has 2 rings (SSSR count). The smallest absolute Gasteiger partial charge is 0.201 e. The van der Waals surface area contributed by atoms with E-state index in [1.54, 1.807) is 24.3 Å². The van der Waals surface area contributed by atoms with E-state index in [2.05, 4.69) is 0 Å². The Morgan fingerprint density at radius 1 is 0.950 bits per heavy atom. The average Bonchev–Trinajstić information content (AvgIpc) is 2.47. The van der Waals surface area contributed by atoms with E-state index in [0.29, 0.717) is 10.0 Å². The van der Waals surface area contributed by atoms with Crippen LogP contribution in [-0.2, 0) is 5.60 Å². The summed E-state index contributed by atoms with van der Waals surface area (Å²) in [4.78, 5) is 12.4. The van der Waals surface area contributed by atoms with Crippen LogP contribution in [0.2, 0.25) is 10.0 Å². The van der Waals surface area contributed by atoms with Gasteiger partial charge in [0.05, 0.1) is 6.61 Å². The number of aliphatic hydroxyl groups excluding tert-OH is 1. The number of halogens is 2. The molecule has 3 nitrogen and oxygen atoms in total. The van der Waals surface area contributed by atoms with Gasteiger partial charge in [-0.25, -0.2) is 0 Å². The number of ketones is 1. The molecule has 1 atom stereocenters. The molecule has 2 N–H and O–H groups in total. The van der Waals surface area contributed by atoms with Crippen LogP contribution in [0.1, 0.15) is 15.9 Å². The van der Waals surface area contributed by atoms with Crippen LogP contribution >= 0.6 is 23.2 Å². The Hall–Kier alpha value is -1.39. The van der Waals surface area contributed by atoms with Gasteiger partial charge < -0.3 is 10.2 Å². The number of Topliss-reactive ketones (excluding diaryl/α,β-unsaturated/α-hetero) is 1. The molecule has 0 aliphatic carbocycles. The van der Waals surface area contributed by atoms with E-state index in [1.165, 1.54) is 24.3 Å². The fraction of sp³-hybridized carbons (Fsp3) is 0.133. The summed E-state index contributed by atoms with van der Waals surface area (Å²) in [7, 11) is 0. The van der Waals surface area contributed by atoms with Crippen molar-refractivity contribution in [1.82, 2.24) is 0 Å². The SMILES string of the molecule is O=C(c1ccc(Cl)cc1)C(O)(CO)c1ccc(Cl)cc1. The summed E-state index contributed by atoms with van der Waals surface area (Å²) in [6.07, 6.45) is 0. The molecule has 0 fully saturated rings. The van der Waals surface area contributed by atoms with Crippen molar-refractivity contribution in [3.05, 3.63) is 69.7 Å². The Kier molecular flexibility index (Phi) is 4.45. The van der Waals surface area contributed by atoms with Crippen LogP contribution in [0.15, 0.2) is 48.5 Å². The zero-order valence-electron chi connectivity index (χ0n) is 10.4. The highest BCUT2D eigenvalue weighted by Gasteiger charge is 2.37. The highest BCUT2D eigenvalue weighted by molar-refractivity contribution is 6.31. The molecule has 0 radical (unpaired) electrons. The minimum Gasteiger partial charge on any atom is -0.393 e. The molecule has 20 heavy (non-hydrogen) atoms. The molecule has 5 heteroatoms. The van der Waals surface area contributed by atoms with Gasteiger partial charge in [-0.05, 0) is 42.0 Å². The molecule has 2 aromatic carbocycles. The van der Waals surface area contributed by atoms with Crippen LogP contribution in [-0.4, -0.2) is 22.6 Å². The van der Waals surface area contributed by atoms with Gasteiger partial charge in [-0.3, -0.25) is 4.79 Å². The molecule has 0 bridgehead atoms. The van der Waals surface area contributed by atoms with Crippen molar-refractivity contribution in [1.29, 1.82) is 0 Å². The van der Waals surface area contributed by atoms with Crippen LogP contribution in [0.5, 0.6) is 0 Å². The second-order valence-electron chi connectivity index (χ2n) is 4.36. The highest BCUT2D eigenvalue weighted by Crippen LogP contribution is 2.27. The number of hydrogen-bond donors (Lipinski definition) is 2. The van der Waals surface area contributed by atoms with Crippen molar-refractivity contribution in [2.45, 2.75) is 5.60 Å². The minimum absolute atomic E-state index is 0.265. The largest absolute Gasteiger partial charge is 0.393 e. The number of carbonyl (C=O) groups excluding carboxylic acids is 1. The lowest BCUT2D eigenvalue weighted by atomic mass is 9.86. The maximum Gasteiger partial charge on any atom is 0.201 e. The van der Waals surface area contributed by atoms with Gasteiger partial charge in [0.25, 0.3) is 0 Å². The predicted molar refractivity (Wildman–Crippen MR) is 78.2 cm³/mol. The minimum atomic E-state index is -2.00. The molecule has 0 saturated carbocycles. The van der Waals surface area contributed by atoms with Crippen molar-refractivity contribution in [3.8, 4) is 0 Å². The Labute approximate surface area is 126 Å². The van der Waals surface area contributed by atoms with Gasteiger partial charge in [0.2, 0.25) is 5.78 Å². The van der Waals surface area contributed by atoms with E-state index in [0.717, 1.165) is 0 Å². The lowest BCUT2D eigenvalue weighted by molar-refractivity contribution is -0.00399. The van der Waals surface area contributed by atoms with E-state index in [1.807, 2.05) is 0 Å². The fourth-order valence-electron chi connectivity index (χ4n) is 1.86. The maximum absolute atomic E-state index is 12.4. The zero-order chi connectivity index (χ0) is 14.8. The first kappa shape index (κ1) is 15.0. The predicted octanol–water partition coefficient (Wildman–Crippen LogP) is 3.06. The summed E-state index contributed by atoms with van der Waals surface area (Å²) >= 11 is 11.5. The first-order chi connectivity index (χ1) is 9.47. The van der Waals surface area contributed by atoms with E-state index < -0.39 is 18.0 Å². The number of hydrogen-bond acceptors (Lipinski definition) is 3. The van der Waals surface area contributed by atoms with E-state index in [-0.39, 0.29) is 11.1 Å². The molecule has 104 valence electrons. The number of benzene rings is 2. The summed E-state index contributed by atoms with van der Waals surface area (Å²) < 4.78 is 0. The lowest BCUT2D eigenvalue weighted by Crippen LogP contribution is -2.39. The summed E-state index contributed by atoms with van der Waals surface area (Å²) in [5.74, 6) is -0.598. The molecular weight excluding hydrogens is 299 g/mol.